The highest BCUT2D eigenvalue weighted by Crippen LogP contribution is 2.22. The van der Waals surface area contributed by atoms with Crippen LogP contribution in [-0.4, -0.2) is 25.7 Å². The van der Waals surface area contributed by atoms with Crippen LogP contribution in [0.15, 0.2) is 4.34 Å². The van der Waals surface area contributed by atoms with Crippen LogP contribution in [-0.2, 0) is 16.3 Å². The molecule has 14 heavy (non-hydrogen) atoms. The van der Waals surface area contributed by atoms with Crippen molar-refractivity contribution >= 4 is 21.2 Å². The van der Waals surface area contributed by atoms with E-state index in [1.807, 2.05) is 13.8 Å². The molecule has 6 heteroatoms. The lowest BCUT2D eigenvalue weighted by molar-refractivity contribution is 0.601. The normalized spacial score (nSPS) is 14.3. The number of sulfone groups is 1. The third-order valence-corrected chi connectivity index (χ3v) is 4.56. The summed E-state index contributed by atoms with van der Waals surface area (Å²) in [5.74, 6) is 0. The Labute approximate surface area is 88.1 Å². The lowest BCUT2D eigenvalue weighted by atomic mass is 10.2. The summed E-state index contributed by atoms with van der Waals surface area (Å²) in [7, 11) is -3.17. The summed E-state index contributed by atoms with van der Waals surface area (Å²) in [6.45, 7) is 3.70. The molecule has 0 aliphatic rings. The molecule has 0 radical (unpaired) electrons. The minimum Gasteiger partial charge on any atom is -0.328 e. The third kappa shape index (κ3) is 2.76. The Kier molecular flexibility index (Phi) is 3.28. The highest BCUT2D eigenvalue weighted by Gasteiger charge is 2.16. The van der Waals surface area contributed by atoms with E-state index < -0.39 is 9.84 Å². The van der Waals surface area contributed by atoms with E-state index in [4.69, 9.17) is 5.73 Å². The summed E-state index contributed by atoms with van der Waals surface area (Å²) in [5, 5.41) is 0. The van der Waals surface area contributed by atoms with Gasteiger partial charge in [-0.3, -0.25) is 0 Å². The molecule has 0 fully saturated rings. The number of nitrogens with zero attached hydrogens (tertiary/aromatic N) is 1. The molecule has 0 aromatic carbocycles. The second-order valence-electron chi connectivity index (χ2n) is 3.44. The van der Waals surface area contributed by atoms with Crippen LogP contribution < -0.4 is 5.73 Å². The van der Waals surface area contributed by atoms with Crippen molar-refractivity contribution in [3.8, 4) is 0 Å². The van der Waals surface area contributed by atoms with Gasteiger partial charge >= 0.3 is 0 Å². The predicted octanol–water partition coefficient (Wildman–Crippen LogP) is 0.745. The van der Waals surface area contributed by atoms with Gasteiger partial charge in [0.1, 0.15) is 0 Å². The summed E-state index contributed by atoms with van der Waals surface area (Å²) in [6.07, 6.45) is 1.85. The second kappa shape index (κ2) is 3.96. The number of hydrogen-bond donors (Lipinski definition) is 1. The first-order chi connectivity index (χ1) is 6.30. The van der Waals surface area contributed by atoms with E-state index in [1.165, 1.54) is 17.6 Å². The summed E-state index contributed by atoms with van der Waals surface area (Å²) in [4.78, 5) is 4.97. The zero-order valence-electron chi connectivity index (χ0n) is 8.44. The first-order valence-corrected chi connectivity index (χ1v) is 6.93. The number of aryl methyl sites for hydroxylation is 1. The molecular formula is C8H14N2O2S2. The van der Waals surface area contributed by atoms with Crippen LogP contribution >= 0.6 is 11.3 Å². The van der Waals surface area contributed by atoms with Crippen LogP contribution in [0.25, 0.3) is 0 Å². The predicted molar refractivity (Wildman–Crippen MR) is 57.3 cm³/mol. The van der Waals surface area contributed by atoms with Gasteiger partial charge in [-0.15, -0.1) is 11.3 Å². The van der Waals surface area contributed by atoms with E-state index >= 15 is 0 Å². The van der Waals surface area contributed by atoms with Crippen LogP contribution in [0.2, 0.25) is 0 Å². The van der Waals surface area contributed by atoms with Crippen LogP contribution in [0.4, 0.5) is 0 Å². The van der Waals surface area contributed by atoms with E-state index in [-0.39, 0.29) is 10.4 Å². The van der Waals surface area contributed by atoms with E-state index in [2.05, 4.69) is 4.98 Å². The quantitative estimate of drug-likeness (QED) is 0.837. The van der Waals surface area contributed by atoms with Gasteiger partial charge in [-0.2, -0.15) is 0 Å². The standard InChI is InChI=1S/C8H14N2O2S2/c1-5(9)4-7-6(2)10-8(13-7)14(3,11)12/h5H,4,9H2,1-3H3. The Balaban J connectivity index is 3.06. The fourth-order valence-electron chi connectivity index (χ4n) is 1.04. The number of nitrogens with two attached hydrogens (primary N) is 1. The van der Waals surface area contributed by atoms with Crippen molar-refractivity contribution in [2.24, 2.45) is 5.73 Å². The molecule has 1 atom stereocenters. The van der Waals surface area contributed by atoms with Crippen LogP contribution in [0, 0.1) is 6.92 Å². The van der Waals surface area contributed by atoms with E-state index in [1.54, 1.807) is 0 Å². The molecule has 1 aromatic rings. The topological polar surface area (TPSA) is 73.0 Å². The zero-order chi connectivity index (χ0) is 10.9. The van der Waals surface area contributed by atoms with Gasteiger partial charge in [0.05, 0.1) is 5.69 Å². The highest BCUT2D eigenvalue weighted by molar-refractivity contribution is 7.92. The van der Waals surface area contributed by atoms with Crippen LogP contribution in [0.1, 0.15) is 17.5 Å². The molecule has 4 nitrogen and oxygen atoms in total. The Morgan fingerprint density at radius 3 is 2.50 bits per heavy atom. The second-order valence-corrected chi connectivity index (χ2v) is 6.72. The Bertz CT molecular complexity index is 421. The summed E-state index contributed by atoms with van der Waals surface area (Å²) in [6, 6.07) is 0.0292. The van der Waals surface area contributed by atoms with E-state index in [0.29, 0.717) is 6.42 Å². The van der Waals surface area contributed by atoms with Crippen LogP contribution in [0.3, 0.4) is 0 Å². The molecule has 80 valence electrons. The number of hydrogen-bond acceptors (Lipinski definition) is 5. The maximum Gasteiger partial charge on any atom is 0.209 e. The molecule has 1 unspecified atom stereocenters. The molecular weight excluding hydrogens is 220 g/mol. The molecule has 0 spiro atoms. The lowest BCUT2D eigenvalue weighted by Crippen LogP contribution is -2.17. The smallest absolute Gasteiger partial charge is 0.209 e. The minimum atomic E-state index is -3.17. The average molecular weight is 234 g/mol. The SMILES string of the molecule is Cc1nc(S(C)(=O)=O)sc1CC(C)N. The lowest BCUT2D eigenvalue weighted by Gasteiger charge is -2.01. The van der Waals surface area contributed by atoms with Gasteiger partial charge in [0.15, 0.2) is 0 Å². The van der Waals surface area contributed by atoms with E-state index in [9.17, 15) is 8.42 Å². The molecule has 1 heterocycles. The van der Waals surface area contributed by atoms with Crippen molar-refractivity contribution in [1.29, 1.82) is 0 Å². The van der Waals surface area contributed by atoms with Gasteiger partial charge in [0.2, 0.25) is 14.2 Å². The maximum atomic E-state index is 11.2. The largest absolute Gasteiger partial charge is 0.328 e. The molecule has 1 aromatic heterocycles. The first-order valence-electron chi connectivity index (χ1n) is 4.22. The maximum absolute atomic E-state index is 11.2. The number of thiazole rings is 1. The van der Waals surface area contributed by atoms with Crippen molar-refractivity contribution in [2.75, 3.05) is 6.26 Å². The minimum absolute atomic E-state index is 0.0292. The number of aromatic nitrogens is 1. The fourth-order valence-corrected chi connectivity index (χ4v) is 3.18. The van der Waals surface area contributed by atoms with Gasteiger partial charge in [-0.05, 0) is 20.3 Å². The zero-order valence-corrected chi connectivity index (χ0v) is 10.1. The molecule has 0 saturated heterocycles. The Morgan fingerprint density at radius 1 is 1.57 bits per heavy atom. The third-order valence-electron chi connectivity index (χ3n) is 1.70. The molecule has 0 aliphatic heterocycles. The van der Waals surface area contributed by atoms with Gasteiger partial charge in [0, 0.05) is 17.2 Å². The van der Waals surface area contributed by atoms with Crippen molar-refractivity contribution in [1.82, 2.24) is 4.98 Å². The number of rotatable bonds is 3. The van der Waals surface area contributed by atoms with Crippen molar-refractivity contribution in [3.05, 3.63) is 10.6 Å². The van der Waals surface area contributed by atoms with Crippen molar-refractivity contribution < 1.29 is 8.42 Å². The van der Waals surface area contributed by atoms with Gasteiger partial charge in [0.25, 0.3) is 0 Å². The first kappa shape index (κ1) is 11.6. The van der Waals surface area contributed by atoms with E-state index in [0.717, 1.165) is 10.6 Å². The summed E-state index contributed by atoms with van der Waals surface area (Å²) < 4.78 is 22.6. The monoisotopic (exact) mass is 234 g/mol. The fraction of sp³-hybridized carbons (Fsp3) is 0.625. The summed E-state index contributed by atoms with van der Waals surface area (Å²) >= 11 is 1.22. The van der Waals surface area contributed by atoms with Crippen molar-refractivity contribution in [2.45, 2.75) is 30.6 Å². The molecule has 0 bridgehead atoms. The Hall–Kier alpha value is -0.460. The molecule has 0 amide bonds. The average Bonchev–Trinajstić information content (AvgIpc) is 2.30. The molecule has 0 saturated carbocycles. The van der Waals surface area contributed by atoms with Gasteiger partial charge in [-0.1, -0.05) is 0 Å². The van der Waals surface area contributed by atoms with Crippen LogP contribution in [0.5, 0.6) is 0 Å². The molecule has 0 aliphatic carbocycles. The summed E-state index contributed by atoms with van der Waals surface area (Å²) in [5.41, 5.74) is 6.41. The highest BCUT2D eigenvalue weighted by atomic mass is 32.2. The molecule has 2 N–H and O–H groups in total. The van der Waals surface area contributed by atoms with Crippen molar-refractivity contribution in [3.63, 3.8) is 0 Å². The molecule has 1 rings (SSSR count). The Morgan fingerprint density at radius 2 is 2.14 bits per heavy atom. The van der Waals surface area contributed by atoms with Gasteiger partial charge in [-0.25, -0.2) is 13.4 Å². The van der Waals surface area contributed by atoms with Gasteiger partial charge < -0.3 is 5.73 Å².